The summed E-state index contributed by atoms with van der Waals surface area (Å²) in [6, 6.07) is 3.98. The number of aliphatic hydroxyl groups is 2. The van der Waals surface area contributed by atoms with Crippen LogP contribution in [0.15, 0.2) is 35.2 Å². The molecule has 3 N–H and O–H groups in total. The Labute approximate surface area is 217 Å². The van der Waals surface area contributed by atoms with Crippen LogP contribution in [0.3, 0.4) is 0 Å². The van der Waals surface area contributed by atoms with E-state index in [-0.39, 0.29) is 37.3 Å². The largest absolute Gasteiger partial charge is 0.443 e. The molecular weight excluding hydrogens is 474 g/mol. The molecule has 4 rings (SSSR count). The monoisotopic (exact) mass is 513 g/mol. The molecule has 1 aromatic carbocycles. The maximum Gasteiger partial charge on any atom is 0.243 e. The van der Waals surface area contributed by atoms with Gasteiger partial charge >= 0.3 is 0 Å². The molecule has 1 aliphatic rings. The second kappa shape index (κ2) is 12.3. The zero-order valence-corrected chi connectivity index (χ0v) is 22.5. The van der Waals surface area contributed by atoms with Gasteiger partial charge in [-0.1, -0.05) is 46.8 Å². The Bertz CT molecular complexity index is 1200. The van der Waals surface area contributed by atoms with Crippen LogP contribution in [0.5, 0.6) is 0 Å². The van der Waals surface area contributed by atoms with Gasteiger partial charge in [0, 0.05) is 42.8 Å². The highest BCUT2D eigenvalue weighted by Gasteiger charge is 2.41. The lowest BCUT2D eigenvalue weighted by Crippen LogP contribution is -2.49. The van der Waals surface area contributed by atoms with Gasteiger partial charge in [-0.3, -0.25) is 14.3 Å². The summed E-state index contributed by atoms with van der Waals surface area (Å²) in [6.45, 7) is 12.2. The van der Waals surface area contributed by atoms with Crippen molar-refractivity contribution in [3.63, 3.8) is 0 Å². The van der Waals surface area contributed by atoms with E-state index in [4.69, 9.17) is 4.42 Å². The average molecular weight is 514 g/mol. The van der Waals surface area contributed by atoms with Crippen molar-refractivity contribution in [1.29, 1.82) is 0 Å². The predicted octanol–water partition coefficient (Wildman–Crippen LogP) is 3.14. The number of aryl methyl sites for hydroxylation is 1. The van der Waals surface area contributed by atoms with Crippen molar-refractivity contribution in [2.45, 2.75) is 72.7 Å². The number of hydrogen-bond acceptors (Lipinski definition) is 7. The fraction of sp³-hybridized carbons (Fsp3) is 0.556. The molecule has 2 amide bonds. The van der Waals surface area contributed by atoms with Crippen molar-refractivity contribution in [2.24, 2.45) is 11.8 Å². The first-order chi connectivity index (χ1) is 17.8. The zero-order chi connectivity index (χ0) is 27.3. The number of aliphatic hydroxyl groups excluding tert-OH is 2. The number of nitrogens with zero attached hydrogens (tertiary/aromatic N) is 4. The molecule has 2 aromatic heterocycles. The maximum atomic E-state index is 13.3. The minimum atomic E-state index is -0.809. The van der Waals surface area contributed by atoms with E-state index in [0.717, 1.165) is 11.3 Å². The highest BCUT2D eigenvalue weighted by atomic mass is 16.3. The van der Waals surface area contributed by atoms with E-state index >= 15 is 0 Å². The Morgan fingerprint density at radius 3 is 2.59 bits per heavy atom. The number of hydrogen-bond donors (Lipinski definition) is 3. The Hall–Kier alpha value is -3.24. The number of likely N-dealkylation sites (tertiary alicyclic amines) is 1. The molecule has 10 nitrogen and oxygen atoms in total. The van der Waals surface area contributed by atoms with E-state index in [1.165, 1.54) is 11.3 Å². The van der Waals surface area contributed by atoms with Gasteiger partial charge in [-0.15, -0.1) is 0 Å². The molecule has 3 heterocycles. The molecule has 0 spiro atoms. The van der Waals surface area contributed by atoms with Gasteiger partial charge in [-0.2, -0.15) is 5.10 Å². The standard InChI is InChI=1S/C25H33N5O5.C2H6/c1-5-30-20(8-9-27-30)18-7-6-17(23-22(18)26-13-35-23)19(12-31)28-24(33)21-10-16(32)11-29(21)25(34)15(4)14(2)3;1-2/h6-9,13-16,19,21,31-32H,5,10-12H2,1-4H3,(H,28,33);1-2H3. The molecule has 0 radical (unpaired) electrons. The molecule has 0 saturated carbocycles. The summed E-state index contributed by atoms with van der Waals surface area (Å²) in [4.78, 5) is 32.1. The summed E-state index contributed by atoms with van der Waals surface area (Å²) < 4.78 is 7.53. The molecule has 4 unspecified atom stereocenters. The molecule has 0 aliphatic carbocycles. The number of carbonyl (C=O) groups is 2. The van der Waals surface area contributed by atoms with Crippen molar-refractivity contribution in [1.82, 2.24) is 25.0 Å². The number of carbonyl (C=O) groups excluding carboxylic acids is 2. The van der Waals surface area contributed by atoms with Crippen LogP contribution in [0.25, 0.3) is 22.4 Å². The van der Waals surface area contributed by atoms with Gasteiger partial charge in [0.25, 0.3) is 0 Å². The Morgan fingerprint density at radius 2 is 1.95 bits per heavy atom. The number of rotatable bonds is 8. The van der Waals surface area contributed by atoms with Crippen LogP contribution in [0.4, 0.5) is 0 Å². The van der Waals surface area contributed by atoms with Crippen LogP contribution >= 0.6 is 0 Å². The maximum absolute atomic E-state index is 13.3. The molecule has 202 valence electrons. The summed E-state index contributed by atoms with van der Waals surface area (Å²) >= 11 is 0. The smallest absolute Gasteiger partial charge is 0.243 e. The number of oxazole rings is 1. The van der Waals surface area contributed by atoms with Gasteiger partial charge in [-0.25, -0.2) is 4.98 Å². The fourth-order valence-corrected chi connectivity index (χ4v) is 4.61. The molecule has 0 bridgehead atoms. The first kappa shape index (κ1) is 28.3. The van der Waals surface area contributed by atoms with Crippen LogP contribution < -0.4 is 5.32 Å². The van der Waals surface area contributed by atoms with Crippen LogP contribution in [0.1, 0.15) is 59.6 Å². The topological polar surface area (TPSA) is 134 Å². The van der Waals surface area contributed by atoms with Gasteiger partial charge in [0.15, 0.2) is 12.0 Å². The van der Waals surface area contributed by atoms with E-state index in [1.54, 1.807) is 12.3 Å². The number of fused-ring (bicyclic) bond motifs is 1. The quantitative estimate of drug-likeness (QED) is 0.421. The number of β-amino-alcohol motifs (C(OH)–C–C–N with tert-alkyl or cyclic N) is 1. The Kier molecular flexibility index (Phi) is 9.45. The highest BCUT2D eigenvalue weighted by Crippen LogP contribution is 2.33. The fourth-order valence-electron chi connectivity index (χ4n) is 4.61. The van der Waals surface area contributed by atoms with E-state index in [1.807, 2.05) is 58.4 Å². The molecule has 37 heavy (non-hydrogen) atoms. The van der Waals surface area contributed by atoms with Gasteiger partial charge in [0.1, 0.15) is 11.6 Å². The van der Waals surface area contributed by atoms with Crippen LogP contribution in [0.2, 0.25) is 0 Å². The molecule has 1 aliphatic heterocycles. The first-order valence-corrected chi connectivity index (χ1v) is 13.0. The summed E-state index contributed by atoms with van der Waals surface area (Å²) in [5.74, 6) is -0.754. The second-order valence-corrected chi connectivity index (χ2v) is 9.44. The minimum absolute atomic E-state index is 0.108. The SMILES string of the molecule is CC.CCn1nccc1-c1ccc(C(CO)NC(=O)C2CC(O)CN2C(=O)C(C)C(C)C)c2ocnc12. The second-order valence-electron chi connectivity index (χ2n) is 9.44. The van der Waals surface area contributed by atoms with Gasteiger partial charge in [-0.05, 0) is 18.9 Å². The predicted molar refractivity (Wildman–Crippen MR) is 140 cm³/mol. The number of benzene rings is 1. The molecule has 3 aromatic rings. The van der Waals surface area contributed by atoms with E-state index in [9.17, 15) is 19.8 Å². The lowest BCUT2D eigenvalue weighted by molar-refractivity contribution is -0.142. The zero-order valence-electron chi connectivity index (χ0n) is 22.5. The van der Waals surface area contributed by atoms with Crippen LogP contribution in [-0.2, 0) is 16.1 Å². The molecule has 1 fully saturated rings. The van der Waals surface area contributed by atoms with Crippen molar-refractivity contribution in [2.75, 3.05) is 13.2 Å². The van der Waals surface area contributed by atoms with E-state index in [0.29, 0.717) is 23.2 Å². The van der Waals surface area contributed by atoms with E-state index in [2.05, 4.69) is 15.4 Å². The van der Waals surface area contributed by atoms with Gasteiger partial charge < -0.3 is 24.8 Å². The summed E-state index contributed by atoms with van der Waals surface area (Å²) in [5, 5.41) is 27.6. The minimum Gasteiger partial charge on any atom is -0.443 e. The number of aromatic nitrogens is 3. The van der Waals surface area contributed by atoms with Gasteiger partial charge in [0.05, 0.1) is 24.4 Å². The molecular formula is C27H39N5O5. The third-order valence-electron chi connectivity index (χ3n) is 6.94. The highest BCUT2D eigenvalue weighted by molar-refractivity contribution is 5.93. The Balaban J connectivity index is 0.00000186. The summed E-state index contributed by atoms with van der Waals surface area (Å²) in [6.07, 6.45) is 2.43. The van der Waals surface area contributed by atoms with Crippen molar-refractivity contribution < 1.29 is 24.2 Å². The van der Waals surface area contributed by atoms with Crippen molar-refractivity contribution in [3.8, 4) is 11.3 Å². The van der Waals surface area contributed by atoms with Crippen molar-refractivity contribution >= 4 is 22.9 Å². The first-order valence-electron chi connectivity index (χ1n) is 13.0. The molecule has 1 saturated heterocycles. The third kappa shape index (κ3) is 5.70. The normalized spacial score (nSPS) is 19.0. The summed E-state index contributed by atoms with van der Waals surface area (Å²) in [5.41, 5.74) is 3.35. The molecule has 10 heteroatoms. The summed E-state index contributed by atoms with van der Waals surface area (Å²) in [7, 11) is 0. The lowest BCUT2D eigenvalue weighted by atomic mass is 9.96. The Morgan fingerprint density at radius 1 is 1.22 bits per heavy atom. The van der Waals surface area contributed by atoms with Crippen LogP contribution in [-0.4, -0.2) is 67.0 Å². The van der Waals surface area contributed by atoms with Crippen molar-refractivity contribution in [3.05, 3.63) is 36.4 Å². The van der Waals surface area contributed by atoms with Gasteiger partial charge in [0.2, 0.25) is 11.8 Å². The number of amides is 2. The third-order valence-corrected chi connectivity index (χ3v) is 6.94. The number of nitrogens with one attached hydrogen (secondary N) is 1. The molecule has 4 atom stereocenters. The lowest BCUT2D eigenvalue weighted by Gasteiger charge is -2.29. The van der Waals surface area contributed by atoms with Crippen LogP contribution in [0, 0.1) is 11.8 Å². The van der Waals surface area contributed by atoms with E-state index < -0.39 is 24.1 Å². The average Bonchev–Trinajstić information content (AvgIpc) is 3.66.